The first-order valence-electron chi connectivity index (χ1n) is 3.06. The van der Waals surface area contributed by atoms with Gasteiger partial charge in [-0.15, -0.1) is 0 Å². The molecule has 0 rings (SSSR count). The van der Waals surface area contributed by atoms with Crippen LogP contribution in [0.4, 0.5) is 0 Å². The van der Waals surface area contributed by atoms with E-state index in [4.69, 9.17) is 0 Å². The van der Waals surface area contributed by atoms with E-state index in [0.717, 1.165) is 0 Å². The second kappa shape index (κ2) is 4.49. The van der Waals surface area contributed by atoms with Crippen molar-refractivity contribution in [3.63, 3.8) is 0 Å². The fourth-order valence-corrected chi connectivity index (χ4v) is 0.488. The molecule has 0 aromatic heterocycles. The molecule has 0 atom stereocenters. The molecule has 0 saturated carbocycles. The molecule has 0 N–H and O–H groups in total. The number of hydrogen-bond donors (Lipinski definition) is 0. The van der Waals surface area contributed by atoms with Crippen molar-refractivity contribution < 1.29 is 14.3 Å². The van der Waals surface area contributed by atoms with Crippen LogP contribution in [-0.2, 0) is 14.3 Å². The van der Waals surface area contributed by atoms with Gasteiger partial charge in [-0.05, 0) is 0 Å². The van der Waals surface area contributed by atoms with Crippen molar-refractivity contribution in [2.45, 2.75) is 6.92 Å². The molecular formula is C7H11NO3. The van der Waals surface area contributed by atoms with Crippen LogP contribution in [0.25, 0.3) is 0 Å². The molecule has 0 heterocycles. The average molecular weight is 157 g/mol. The summed E-state index contributed by atoms with van der Waals surface area (Å²) < 4.78 is 4.58. The number of hydrogen-bond acceptors (Lipinski definition) is 3. The number of amides is 1. The van der Waals surface area contributed by atoms with E-state index in [2.05, 4.69) is 4.74 Å². The van der Waals surface area contributed by atoms with Crippen LogP contribution in [0.2, 0.25) is 0 Å². The number of methoxy groups -OCH3 is 1. The van der Waals surface area contributed by atoms with Gasteiger partial charge in [0.05, 0.1) is 7.11 Å². The lowest BCUT2D eigenvalue weighted by atomic mass is 10.4. The van der Waals surface area contributed by atoms with Crippen LogP contribution in [-0.4, -0.2) is 31.3 Å². The predicted octanol–water partition coefficient (Wildman–Crippen LogP) is 0.151. The maximum Gasteiger partial charge on any atom is 0.223 e. The highest BCUT2D eigenvalue weighted by atomic mass is 16.5. The molecule has 0 aliphatic rings. The number of carbonyl (C=O) groups excluding carboxylic acids is 2. The summed E-state index contributed by atoms with van der Waals surface area (Å²) >= 11 is 0. The van der Waals surface area contributed by atoms with Gasteiger partial charge in [0.25, 0.3) is 0 Å². The highest BCUT2D eigenvalue weighted by Crippen LogP contribution is 1.97. The molecule has 62 valence electrons. The topological polar surface area (TPSA) is 46.6 Å². The molecule has 0 saturated heterocycles. The van der Waals surface area contributed by atoms with Crippen LogP contribution in [0.15, 0.2) is 12.0 Å². The number of carbonyl (C=O) groups is 2. The Bertz CT molecular complexity index is 186. The Kier molecular flexibility index (Phi) is 3.95. The molecular weight excluding hydrogens is 146 g/mol. The second-order valence-electron chi connectivity index (χ2n) is 1.97. The zero-order valence-corrected chi connectivity index (χ0v) is 6.83. The van der Waals surface area contributed by atoms with Gasteiger partial charge in [-0.1, -0.05) is 0 Å². The van der Waals surface area contributed by atoms with E-state index in [1.54, 1.807) is 0 Å². The third-order valence-electron chi connectivity index (χ3n) is 1.22. The molecule has 0 bridgehead atoms. The molecule has 4 nitrogen and oxygen atoms in total. The Morgan fingerprint density at radius 2 is 2.09 bits per heavy atom. The first-order chi connectivity index (χ1) is 5.13. The van der Waals surface area contributed by atoms with Gasteiger partial charge in [0.15, 0.2) is 6.29 Å². The van der Waals surface area contributed by atoms with E-state index in [0.29, 0.717) is 6.29 Å². The molecule has 11 heavy (non-hydrogen) atoms. The lowest BCUT2D eigenvalue weighted by Crippen LogP contribution is -2.23. The normalized spacial score (nSPS) is 10.6. The van der Waals surface area contributed by atoms with Gasteiger partial charge >= 0.3 is 0 Å². The number of ether oxygens (including phenoxy) is 1. The van der Waals surface area contributed by atoms with Crippen molar-refractivity contribution in [1.29, 1.82) is 0 Å². The van der Waals surface area contributed by atoms with Crippen LogP contribution >= 0.6 is 0 Å². The molecule has 0 aliphatic heterocycles. The number of nitrogens with zero attached hydrogens (tertiary/aromatic N) is 1. The Labute approximate surface area is 65.4 Å². The van der Waals surface area contributed by atoms with Crippen LogP contribution in [0.1, 0.15) is 6.92 Å². The number of aldehydes is 1. The molecule has 4 heteroatoms. The minimum atomic E-state index is -0.208. The van der Waals surface area contributed by atoms with E-state index in [1.807, 2.05) is 0 Å². The first-order valence-corrected chi connectivity index (χ1v) is 3.06. The van der Waals surface area contributed by atoms with E-state index < -0.39 is 0 Å². The fraction of sp³-hybridized carbons (Fsp3) is 0.429. The maximum absolute atomic E-state index is 10.7. The van der Waals surface area contributed by atoms with Crippen LogP contribution in [0.5, 0.6) is 0 Å². The molecule has 0 spiro atoms. The van der Waals surface area contributed by atoms with Gasteiger partial charge in [0, 0.05) is 14.0 Å². The summed E-state index contributed by atoms with van der Waals surface area (Å²) in [7, 11) is 2.92. The molecule has 0 aromatic rings. The third kappa shape index (κ3) is 2.84. The highest BCUT2D eigenvalue weighted by molar-refractivity contribution is 5.83. The molecule has 0 unspecified atom stereocenters. The smallest absolute Gasteiger partial charge is 0.223 e. The van der Waals surface area contributed by atoms with E-state index >= 15 is 0 Å². The second-order valence-corrected chi connectivity index (χ2v) is 1.97. The van der Waals surface area contributed by atoms with E-state index in [1.165, 1.54) is 32.2 Å². The van der Waals surface area contributed by atoms with Crippen molar-refractivity contribution >= 4 is 12.2 Å². The van der Waals surface area contributed by atoms with Crippen LogP contribution < -0.4 is 0 Å². The third-order valence-corrected chi connectivity index (χ3v) is 1.22. The zero-order chi connectivity index (χ0) is 8.85. The lowest BCUT2D eigenvalue weighted by molar-refractivity contribution is -0.127. The quantitative estimate of drug-likeness (QED) is 0.333. The molecule has 0 fully saturated rings. The first kappa shape index (κ1) is 9.68. The standard InChI is InChI=1S/C7H11NO3/c1-6(10)8(2)7(4-9)5-11-3/h4-5H,1-3H3/b7-5+. The SMILES string of the molecule is CO/C=C(\C=O)N(C)C(C)=O. The van der Waals surface area contributed by atoms with Gasteiger partial charge < -0.3 is 9.64 Å². The van der Waals surface area contributed by atoms with Gasteiger partial charge in [0.2, 0.25) is 5.91 Å². The molecule has 0 radical (unpaired) electrons. The molecule has 0 aromatic carbocycles. The summed E-state index contributed by atoms with van der Waals surface area (Å²) in [6, 6.07) is 0. The summed E-state index contributed by atoms with van der Waals surface area (Å²) in [5.74, 6) is -0.208. The predicted molar refractivity (Wildman–Crippen MR) is 39.6 cm³/mol. The average Bonchev–Trinajstić information content (AvgIpc) is 1.98. The van der Waals surface area contributed by atoms with Crippen molar-refractivity contribution in [2.24, 2.45) is 0 Å². The number of likely N-dealkylation sites (N-methyl/N-ethyl adjacent to an activating group) is 1. The molecule has 1 amide bonds. The van der Waals surface area contributed by atoms with Crippen molar-refractivity contribution in [1.82, 2.24) is 4.90 Å². The zero-order valence-electron chi connectivity index (χ0n) is 6.83. The summed E-state index contributed by atoms with van der Waals surface area (Å²) in [4.78, 5) is 22.2. The lowest BCUT2D eigenvalue weighted by Gasteiger charge is -2.12. The van der Waals surface area contributed by atoms with Crippen molar-refractivity contribution in [2.75, 3.05) is 14.2 Å². The van der Waals surface area contributed by atoms with E-state index in [-0.39, 0.29) is 11.6 Å². The fourth-order valence-electron chi connectivity index (χ4n) is 0.488. The summed E-state index contributed by atoms with van der Waals surface area (Å²) in [5.41, 5.74) is 0.208. The van der Waals surface area contributed by atoms with Crippen LogP contribution in [0, 0.1) is 0 Å². The Balaban J connectivity index is 4.37. The molecule has 0 aliphatic carbocycles. The van der Waals surface area contributed by atoms with Gasteiger partial charge in [-0.3, -0.25) is 9.59 Å². The van der Waals surface area contributed by atoms with Crippen molar-refractivity contribution in [3.8, 4) is 0 Å². The Hall–Kier alpha value is -1.32. The number of rotatable bonds is 3. The van der Waals surface area contributed by atoms with Crippen LogP contribution in [0.3, 0.4) is 0 Å². The van der Waals surface area contributed by atoms with E-state index in [9.17, 15) is 9.59 Å². The summed E-state index contributed by atoms with van der Waals surface area (Å²) in [6.07, 6.45) is 1.78. The van der Waals surface area contributed by atoms with Gasteiger partial charge in [0.1, 0.15) is 12.0 Å². The summed E-state index contributed by atoms with van der Waals surface area (Å²) in [6.45, 7) is 1.37. The highest BCUT2D eigenvalue weighted by Gasteiger charge is 2.06. The maximum atomic E-state index is 10.7. The number of allylic oxidation sites excluding steroid dienone is 1. The minimum Gasteiger partial charge on any atom is -0.502 e. The summed E-state index contributed by atoms with van der Waals surface area (Å²) in [5, 5.41) is 0. The van der Waals surface area contributed by atoms with Gasteiger partial charge in [-0.2, -0.15) is 0 Å². The minimum absolute atomic E-state index is 0.208. The Morgan fingerprint density at radius 3 is 2.36 bits per heavy atom. The Morgan fingerprint density at radius 1 is 1.55 bits per heavy atom. The van der Waals surface area contributed by atoms with Crippen molar-refractivity contribution in [3.05, 3.63) is 12.0 Å². The largest absolute Gasteiger partial charge is 0.502 e. The monoisotopic (exact) mass is 157 g/mol. The van der Waals surface area contributed by atoms with Gasteiger partial charge in [-0.25, -0.2) is 0 Å².